The van der Waals surface area contributed by atoms with Crippen LogP contribution in [0, 0.1) is 0 Å². The van der Waals surface area contributed by atoms with E-state index in [0.717, 1.165) is 12.8 Å². The van der Waals surface area contributed by atoms with Crippen LogP contribution in [0.2, 0.25) is 0 Å². The molecule has 0 aliphatic heterocycles. The van der Waals surface area contributed by atoms with Gasteiger partial charge < -0.3 is 5.11 Å². The van der Waals surface area contributed by atoms with Crippen LogP contribution < -0.4 is 0 Å². The molecule has 1 atom stereocenters. The van der Waals surface area contributed by atoms with Gasteiger partial charge in [-0.1, -0.05) is 13.3 Å². The van der Waals surface area contributed by atoms with Crippen molar-refractivity contribution >= 4 is 10.1 Å². The minimum atomic E-state index is -3.48. The number of aliphatic hydroxyl groups is 1. The maximum Gasteiger partial charge on any atom is 0.273 e. The Hall–Kier alpha value is -0.130. The van der Waals surface area contributed by atoms with Crippen molar-refractivity contribution in [1.82, 2.24) is 0 Å². The monoisotopic (exact) mass is 236 g/mol. The second-order valence-corrected chi connectivity index (χ2v) is 6.38. The lowest BCUT2D eigenvalue weighted by molar-refractivity contribution is 0.176. The average Bonchev–Trinajstić information content (AvgIpc) is 2.85. The molecule has 0 radical (unpaired) electrons. The van der Waals surface area contributed by atoms with Gasteiger partial charge in [-0.15, -0.1) is 0 Å². The molecule has 15 heavy (non-hydrogen) atoms. The summed E-state index contributed by atoms with van der Waals surface area (Å²) in [4.78, 5) is 0. The summed E-state index contributed by atoms with van der Waals surface area (Å²) in [6.07, 6.45) is 2.61. The maximum absolute atomic E-state index is 11.8. The van der Waals surface area contributed by atoms with E-state index in [-0.39, 0.29) is 6.61 Å². The maximum atomic E-state index is 11.8. The van der Waals surface area contributed by atoms with Crippen molar-refractivity contribution < 1.29 is 17.7 Å². The van der Waals surface area contributed by atoms with Crippen LogP contribution in [0.3, 0.4) is 0 Å². The van der Waals surface area contributed by atoms with Crippen molar-refractivity contribution in [2.45, 2.75) is 56.8 Å². The number of unbranched alkanes of at least 4 members (excludes halogenated alkanes) is 1. The lowest BCUT2D eigenvalue weighted by atomic mass is 10.2. The molecule has 1 fully saturated rings. The summed E-state index contributed by atoms with van der Waals surface area (Å²) >= 11 is 0. The molecule has 1 aliphatic rings. The van der Waals surface area contributed by atoms with Crippen LogP contribution in [0.25, 0.3) is 0 Å². The number of hydrogen-bond acceptors (Lipinski definition) is 4. The lowest BCUT2D eigenvalue weighted by Gasteiger charge is -2.17. The van der Waals surface area contributed by atoms with Crippen LogP contribution in [0.4, 0.5) is 0 Å². The van der Waals surface area contributed by atoms with Gasteiger partial charge in [-0.05, 0) is 32.6 Å². The molecule has 0 bridgehead atoms. The van der Waals surface area contributed by atoms with Crippen LogP contribution in [0.5, 0.6) is 0 Å². The highest BCUT2D eigenvalue weighted by Crippen LogP contribution is 2.48. The highest BCUT2D eigenvalue weighted by molar-refractivity contribution is 7.88. The van der Waals surface area contributed by atoms with Gasteiger partial charge in [0.2, 0.25) is 0 Å². The summed E-state index contributed by atoms with van der Waals surface area (Å²) in [5.74, 6) is 0. The van der Waals surface area contributed by atoms with Gasteiger partial charge in [0.15, 0.2) is 0 Å². The summed E-state index contributed by atoms with van der Waals surface area (Å²) in [5, 5.41) is 9.24. The summed E-state index contributed by atoms with van der Waals surface area (Å²) in [6, 6.07) is 0. The van der Waals surface area contributed by atoms with Crippen molar-refractivity contribution in [1.29, 1.82) is 0 Å². The third-order valence-corrected chi connectivity index (χ3v) is 4.85. The fourth-order valence-electron chi connectivity index (χ4n) is 1.67. The Balaban J connectivity index is 2.53. The molecular weight excluding hydrogens is 216 g/mol. The predicted molar refractivity (Wildman–Crippen MR) is 58.0 cm³/mol. The molecule has 0 heterocycles. The first kappa shape index (κ1) is 12.9. The standard InChI is InChI=1S/C10H20O4S/c1-3-4-7-14-15(12,13)10(5-6-10)8-9(2)11/h9,11H,3-8H2,1-2H3/t9-/m1/s1. The first-order valence-corrected chi connectivity index (χ1v) is 6.91. The molecule has 0 amide bonds. The van der Waals surface area contributed by atoms with E-state index < -0.39 is 21.0 Å². The topological polar surface area (TPSA) is 63.6 Å². The molecule has 0 unspecified atom stereocenters. The molecule has 1 aliphatic carbocycles. The number of hydrogen-bond donors (Lipinski definition) is 1. The second-order valence-electron chi connectivity index (χ2n) is 4.37. The molecule has 90 valence electrons. The van der Waals surface area contributed by atoms with E-state index in [1.54, 1.807) is 6.92 Å². The molecule has 4 nitrogen and oxygen atoms in total. The van der Waals surface area contributed by atoms with Crippen molar-refractivity contribution in [3.63, 3.8) is 0 Å². The molecule has 0 saturated heterocycles. The quantitative estimate of drug-likeness (QED) is 0.536. The summed E-state index contributed by atoms with van der Waals surface area (Å²) < 4.78 is 27.8. The first-order chi connectivity index (χ1) is 6.93. The van der Waals surface area contributed by atoms with Crippen molar-refractivity contribution in [3.8, 4) is 0 Å². The van der Waals surface area contributed by atoms with Gasteiger partial charge in [-0.25, -0.2) is 0 Å². The van der Waals surface area contributed by atoms with Crippen molar-refractivity contribution in [3.05, 3.63) is 0 Å². The van der Waals surface area contributed by atoms with Gasteiger partial charge in [0.05, 0.1) is 12.7 Å². The lowest BCUT2D eigenvalue weighted by Crippen LogP contribution is -2.29. The summed E-state index contributed by atoms with van der Waals surface area (Å²) in [7, 11) is -3.48. The third-order valence-electron chi connectivity index (χ3n) is 2.74. The van der Waals surface area contributed by atoms with Crippen LogP contribution in [-0.4, -0.2) is 31.0 Å². The minimum Gasteiger partial charge on any atom is -0.393 e. The van der Waals surface area contributed by atoms with Gasteiger partial charge in [0.1, 0.15) is 4.75 Å². The van der Waals surface area contributed by atoms with E-state index in [0.29, 0.717) is 19.3 Å². The highest BCUT2D eigenvalue weighted by atomic mass is 32.2. The molecule has 0 aromatic rings. The Kier molecular flexibility index (Phi) is 4.14. The van der Waals surface area contributed by atoms with Crippen molar-refractivity contribution in [2.24, 2.45) is 0 Å². The first-order valence-electron chi connectivity index (χ1n) is 5.50. The number of aliphatic hydroxyl groups excluding tert-OH is 1. The van der Waals surface area contributed by atoms with E-state index in [4.69, 9.17) is 4.18 Å². The van der Waals surface area contributed by atoms with E-state index >= 15 is 0 Å². The van der Waals surface area contributed by atoms with E-state index in [2.05, 4.69) is 0 Å². The van der Waals surface area contributed by atoms with Gasteiger partial charge in [0, 0.05) is 0 Å². The second kappa shape index (κ2) is 4.80. The smallest absolute Gasteiger partial charge is 0.273 e. The molecule has 0 aromatic carbocycles. The van der Waals surface area contributed by atoms with E-state index in [1.807, 2.05) is 6.92 Å². The normalized spacial score (nSPS) is 21.3. The van der Waals surface area contributed by atoms with E-state index in [1.165, 1.54) is 0 Å². The molecular formula is C10H20O4S. The Labute approximate surface area is 91.8 Å². The summed E-state index contributed by atoms with van der Waals surface area (Å²) in [6.45, 7) is 3.86. The van der Waals surface area contributed by atoms with Gasteiger partial charge in [-0.3, -0.25) is 4.18 Å². The number of rotatable bonds is 7. The molecule has 0 aromatic heterocycles. The molecule has 1 saturated carbocycles. The Bertz CT molecular complexity index is 291. The molecule has 1 rings (SSSR count). The van der Waals surface area contributed by atoms with Crippen LogP contribution in [0.1, 0.15) is 46.0 Å². The SMILES string of the molecule is CCCCOS(=O)(=O)C1(C[C@@H](C)O)CC1. The molecule has 1 N–H and O–H groups in total. The largest absolute Gasteiger partial charge is 0.393 e. The van der Waals surface area contributed by atoms with Crippen LogP contribution in [0.15, 0.2) is 0 Å². The Morgan fingerprint density at radius 3 is 2.47 bits per heavy atom. The fraction of sp³-hybridized carbons (Fsp3) is 1.00. The van der Waals surface area contributed by atoms with Crippen LogP contribution in [-0.2, 0) is 14.3 Å². The van der Waals surface area contributed by atoms with Crippen LogP contribution >= 0.6 is 0 Å². The summed E-state index contributed by atoms with van der Waals surface area (Å²) in [5.41, 5.74) is 0. The van der Waals surface area contributed by atoms with Crippen molar-refractivity contribution in [2.75, 3.05) is 6.61 Å². The zero-order chi connectivity index (χ0) is 11.5. The highest BCUT2D eigenvalue weighted by Gasteiger charge is 2.55. The average molecular weight is 236 g/mol. The van der Waals surface area contributed by atoms with Gasteiger partial charge >= 0.3 is 0 Å². The third kappa shape index (κ3) is 3.16. The molecule has 5 heteroatoms. The minimum absolute atomic E-state index is 0.264. The Morgan fingerprint density at radius 1 is 1.47 bits per heavy atom. The Morgan fingerprint density at radius 2 is 2.07 bits per heavy atom. The zero-order valence-electron chi connectivity index (χ0n) is 9.40. The predicted octanol–water partition coefficient (Wildman–Crippen LogP) is 1.44. The molecule has 0 spiro atoms. The fourth-order valence-corrected chi connectivity index (χ4v) is 3.31. The zero-order valence-corrected chi connectivity index (χ0v) is 10.2. The van der Waals surface area contributed by atoms with Gasteiger partial charge in [0.25, 0.3) is 10.1 Å². The van der Waals surface area contributed by atoms with E-state index in [9.17, 15) is 13.5 Å². The van der Waals surface area contributed by atoms with Gasteiger partial charge in [-0.2, -0.15) is 8.42 Å².